The second-order valence-electron chi connectivity index (χ2n) is 7.36. The van der Waals surface area contributed by atoms with Crippen molar-refractivity contribution >= 4 is 5.91 Å². The second-order valence-corrected chi connectivity index (χ2v) is 7.36. The number of piperazine rings is 1. The molecule has 1 aromatic rings. The van der Waals surface area contributed by atoms with Crippen LogP contribution in [0.15, 0.2) is 54.6 Å². The molecule has 0 radical (unpaired) electrons. The van der Waals surface area contributed by atoms with Gasteiger partial charge in [0.25, 0.3) is 0 Å². The van der Waals surface area contributed by atoms with Crippen LogP contribution in [0.2, 0.25) is 0 Å². The minimum atomic E-state index is -1.00. The Morgan fingerprint density at radius 3 is 2.46 bits per heavy atom. The quantitative estimate of drug-likeness (QED) is 0.759. The molecule has 6 nitrogen and oxygen atoms in total. The molecule has 1 aliphatic heterocycles. The van der Waals surface area contributed by atoms with Crippen LogP contribution >= 0.6 is 0 Å². The summed E-state index contributed by atoms with van der Waals surface area (Å²) in [6, 6.07) is 12.0. The van der Waals surface area contributed by atoms with Crippen LogP contribution in [0.3, 0.4) is 0 Å². The monoisotopic (exact) mass is 380 g/mol. The van der Waals surface area contributed by atoms with Gasteiger partial charge < -0.3 is 15.4 Å². The smallest absolute Gasteiger partial charge is 0.239 e. The zero-order chi connectivity index (χ0) is 20.0. The first-order chi connectivity index (χ1) is 13.5. The molecule has 1 heterocycles. The zero-order valence-electron chi connectivity index (χ0n) is 16.3. The van der Waals surface area contributed by atoms with Crippen molar-refractivity contribution in [1.82, 2.24) is 9.80 Å². The highest BCUT2D eigenvalue weighted by Crippen LogP contribution is 2.28. The molecule has 0 spiro atoms. The summed E-state index contributed by atoms with van der Waals surface area (Å²) < 4.78 is 5.94. The van der Waals surface area contributed by atoms with Gasteiger partial charge in [0.2, 0.25) is 5.91 Å². The SMILES string of the molecule is C[C@H](N)C(=O)N1CCN(CCOC2(C#N)C=CC(c3ccccc3)C=C2)CC1. The first-order valence-electron chi connectivity index (χ1n) is 9.78. The van der Waals surface area contributed by atoms with Gasteiger partial charge in [0.05, 0.1) is 12.6 Å². The molecule has 2 N–H and O–H groups in total. The lowest BCUT2D eigenvalue weighted by Crippen LogP contribution is -2.53. The molecular formula is C22H28N4O2. The molecule has 0 saturated carbocycles. The Morgan fingerprint density at radius 2 is 1.89 bits per heavy atom. The van der Waals surface area contributed by atoms with Gasteiger partial charge >= 0.3 is 0 Å². The number of carbonyl (C=O) groups excluding carboxylic acids is 1. The Hall–Kier alpha value is -2.46. The number of benzene rings is 1. The standard InChI is InChI=1S/C22H28N4O2/c1-18(24)21(27)26-13-11-25(12-14-26)15-16-28-22(17-23)9-7-20(8-10-22)19-5-3-2-4-6-19/h2-10,18,20H,11-16,24H2,1H3/t18-,20?,22?/m0/s1. The minimum absolute atomic E-state index is 0.00443. The van der Waals surface area contributed by atoms with Crippen LogP contribution in [0.5, 0.6) is 0 Å². The normalized spacial score (nSPS) is 26.0. The largest absolute Gasteiger partial charge is 0.352 e. The molecular weight excluding hydrogens is 352 g/mol. The summed E-state index contributed by atoms with van der Waals surface area (Å²) in [4.78, 5) is 16.0. The molecule has 1 aliphatic carbocycles. The van der Waals surface area contributed by atoms with E-state index in [1.807, 2.05) is 47.4 Å². The second kappa shape index (κ2) is 9.16. The molecule has 1 amide bonds. The lowest BCUT2D eigenvalue weighted by Gasteiger charge is -2.35. The summed E-state index contributed by atoms with van der Waals surface area (Å²) in [6.45, 7) is 5.86. The van der Waals surface area contributed by atoms with Crippen LogP contribution in [0.25, 0.3) is 0 Å². The van der Waals surface area contributed by atoms with Gasteiger partial charge in [-0.1, -0.05) is 42.5 Å². The van der Waals surface area contributed by atoms with E-state index >= 15 is 0 Å². The minimum Gasteiger partial charge on any atom is -0.352 e. The fraction of sp³-hybridized carbons (Fsp3) is 0.455. The predicted molar refractivity (Wildman–Crippen MR) is 108 cm³/mol. The third-order valence-electron chi connectivity index (χ3n) is 5.28. The van der Waals surface area contributed by atoms with Gasteiger partial charge in [0.15, 0.2) is 5.60 Å². The van der Waals surface area contributed by atoms with E-state index in [0.717, 1.165) is 19.6 Å². The first kappa shape index (κ1) is 20.3. The van der Waals surface area contributed by atoms with Crippen LogP contribution in [-0.2, 0) is 9.53 Å². The van der Waals surface area contributed by atoms with Crippen molar-refractivity contribution in [3.05, 3.63) is 60.2 Å². The molecule has 148 valence electrons. The number of rotatable bonds is 6. The molecule has 0 bridgehead atoms. The average molecular weight is 380 g/mol. The van der Waals surface area contributed by atoms with Crippen molar-refractivity contribution < 1.29 is 9.53 Å². The Labute approximate surface area is 166 Å². The topological polar surface area (TPSA) is 82.6 Å². The molecule has 28 heavy (non-hydrogen) atoms. The lowest BCUT2D eigenvalue weighted by atomic mass is 9.89. The van der Waals surface area contributed by atoms with Crippen LogP contribution in [0, 0.1) is 11.3 Å². The zero-order valence-corrected chi connectivity index (χ0v) is 16.3. The van der Waals surface area contributed by atoms with E-state index in [-0.39, 0.29) is 11.8 Å². The van der Waals surface area contributed by atoms with Crippen molar-refractivity contribution in [3.8, 4) is 6.07 Å². The van der Waals surface area contributed by atoms with Gasteiger partial charge in [-0.25, -0.2) is 0 Å². The highest BCUT2D eigenvalue weighted by molar-refractivity contribution is 5.81. The molecule has 6 heteroatoms. The van der Waals surface area contributed by atoms with Gasteiger partial charge in [-0.15, -0.1) is 0 Å². The Morgan fingerprint density at radius 1 is 1.25 bits per heavy atom. The summed E-state index contributed by atoms with van der Waals surface area (Å²) in [7, 11) is 0. The van der Waals surface area contributed by atoms with Crippen molar-refractivity contribution in [2.45, 2.75) is 24.5 Å². The number of hydrogen-bond donors (Lipinski definition) is 1. The number of hydrogen-bond acceptors (Lipinski definition) is 5. The molecule has 0 unspecified atom stereocenters. The maximum atomic E-state index is 11.9. The number of carbonyl (C=O) groups is 1. The maximum absolute atomic E-state index is 11.9. The lowest BCUT2D eigenvalue weighted by molar-refractivity contribution is -0.134. The van der Waals surface area contributed by atoms with E-state index in [1.54, 1.807) is 6.92 Å². The summed E-state index contributed by atoms with van der Waals surface area (Å²) in [5.74, 6) is 0.173. The van der Waals surface area contributed by atoms with Crippen molar-refractivity contribution in [2.75, 3.05) is 39.3 Å². The highest BCUT2D eigenvalue weighted by Gasteiger charge is 2.29. The Bertz CT molecular complexity index is 744. The predicted octanol–water partition coefficient (Wildman–Crippen LogP) is 1.67. The maximum Gasteiger partial charge on any atom is 0.239 e. The van der Waals surface area contributed by atoms with Crippen LogP contribution < -0.4 is 5.73 Å². The molecule has 0 aromatic heterocycles. The van der Waals surface area contributed by atoms with E-state index in [2.05, 4.69) is 23.1 Å². The van der Waals surface area contributed by atoms with Gasteiger partial charge in [-0.3, -0.25) is 9.69 Å². The summed E-state index contributed by atoms with van der Waals surface area (Å²) in [5, 5.41) is 9.64. The molecule has 1 atom stereocenters. The van der Waals surface area contributed by atoms with Crippen molar-refractivity contribution in [1.29, 1.82) is 5.26 Å². The number of nitriles is 1. The van der Waals surface area contributed by atoms with Crippen LogP contribution in [0.4, 0.5) is 0 Å². The number of ether oxygens (including phenoxy) is 1. The highest BCUT2D eigenvalue weighted by atomic mass is 16.5. The van der Waals surface area contributed by atoms with Crippen molar-refractivity contribution in [3.63, 3.8) is 0 Å². The molecule has 1 aromatic carbocycles. The number of allylic oxidation sites excluding steroid dienone is 2. The van der Waals surface area contributed by atoms with E-state index < -0.39 is 11.6 Å². The van der Waals surface area contributed by atoms with E-state index in [1.165, 1.54) is 5.56 Å². The molecule has 1 fully saturated rings. The van der Waals surface area contributed by atoms with Crippen LogP contribution in [0.1, 0.15) is 18.4 Å². The van der Waals surface area contributed by atoms with Gasteiger partial charge in [0.1, 0.15) is 6.07 Å². The third-order valence-corrected chi connectivity index (χ3v) is 5.28. The summed E-state index contributed by atoms with van der Waals surface area (Å²) in [6.07, 6.45) is 7.75. The van der Waals surface area contributed by atoms with Gasteiger partial charge in [-0.05, 0) is 24.6 Å². The van der Waals surface area contributed by atoms with Gasteiger partial charge in [-0.2, -0.15) is 5.26 Å². The van der Waals surface area contributed by atoms with E-state index in [9.17, 15) is 10.1 Å². The molecule has 3 rings (SSSR count). The fourth-order valence-electron chi connectivity index (χ4n) is 3.54. The Kier molecular flexibility index (Phi) is 6.63. The Balaban J connectivity index is 1.46. The number of nitrogens with zero attached hydrogens (tertiary/aromatic N) is 3. The molecule has 1 saturated heterocycles. The van der Waals surface area contributed by atoms with Crippen LogP contribution in [-0.4, -0.2) is 66.7 Å². The summed E-state index contributed by atoms with van der Waals surface area (Å²) in [5.41, 5.74) is 5.87. The van der Waals surface area contributed by atoms with Gasteiger partial charge in [0, 0.05) is 38.6 Å². The fourth-order valence-corrected chi connectivity index (χ4v) is 3.54. The van der Waals surface area contributed by atoms with Crippen molar-refractivity contribution in [2.24, 2.45) is 5.73 Å². The van der Waals surface area contributed by atoms with E-state index in [0.29, 0.717) is 19.7 Å². The summed E-state index contributed by atoms with van der Waals surface area (Å²) >= 11 is 0. The first-order valence-corrected chi connectivity index (χ1v) is 9.78. The third kappa shape index (κ3) is 4.87. The average Bonchev–Trinajstić information content (AvgIpc) is 2.75. The molecule has 2 aliphatic rings. The number of nitrogens with two attached hydrogens (primary N) is 1. The number of amides is 1. The van der Waals surface area contributed by atoms with E-state index in [4.69, 9.17) is 10.5 Å².